The summed E-state index contributed by atoms with van der Waals surface area (Å²) in [5.74, 6) is 0.181. The first kappa shape index (κ1) is 23.5. The maximum absolute atomic E-state index is 13.4. The van der Waals surface area contributed by atoms with Gasteiger partial charge in [-0.2, -0.15) is 8.42 Å². The maximum Gasteiger partial charge on any atom is 0.306 e. The quantitative estimate of drug-likeness (QED) is 0.465. The second-order valence-corrected chi connectivity index (χ2v) is 10.5. The molecule has 6 heteroatoms. The van der Waals surface area contributed by atoms with Gasteiger partial charge in [-0.25, -0.2) is 0 Å². The van der Waals surface area contributed by atoms with Gasteiger partial charge in [0.25, 0.3) is 5.91 Å². The lowest BCUT2D eigenvalue weighted by Gasteiger charge is -2.24. The summed E-state index contributed by atoms with van der Waals surface area (Å²) in [4.78, 5) is 15.2. The zero-order valence-electron chi connectivity index (χ0n) is 18.9. The molecule has 1 amide bonds. The Morgan fingerprint density at radius 2 is 1.34 bits per heavy atom. The second kappa shape index (κ2) is 9.57. The van der Waals surface area contributed by atoms with Crippen LogP contribution in [0.5, 0.6) is 5.75 Å². The van der Waals surface area contributed by atoms with Crippen LogP contribution in [0, 0.1) is 0 Å². The summed E-state index contributed by atoms with van der Waals surface area (Å²) in [6.45, 7) is 7.27. The molecule has 0 spiro atoms. The van der Waals surface area contributed by atoms with E-state index in [1.807, 2.05) is 54.6 Å². The van der Waals surface area contributed by atoms with Crippen molar-refractivity contribution in [2.24, 2.45) is 0 Å². The van der Waals surface area contributed by atoms with Crippen molar-refractivity contribution in [3.63, 3.8) is 0 Å². The molecule has 0 saturated heterocycles. The molecule has 0 N–H and O–H groups in total. The van der Waals surface area contributed by atoms with E-state index in [4.69, 9.17) is 4.18 Å². The van der Waals surface area contributed by atoms with Crippen LogP contribution in [0.25, 0.3) is 0 Å². The fraction of sp³-hybridized carbons (Fsp3) is 0.269. The normalized spacial score (nSPS) is 11.8. The molecule has 3 aromatic rings. The zero-order chi connectivity index (χ0) is 23.4. The van der Waals surface area contributed by atoms with Crippen molar-refractivity contribution in [2.75, 3.05) is 6.26 Å². The van der Waals surface area contributed by atoms with Gasteiger partial charge in [0.05, 0.1) is 6.26 Å². The van der Waals surface area contributed by atoms with Crippen LogP contribution < -0.4 is 4.18 Å². The van der Waals surface area contributed by atoms with Gasteiger partial charge in [-0.15, -0.1) is 0 Å². The summed E-state index contributed by atoms with van der Waals surface area (Å²) in [6.07, 6.45) is 1.01. The number of carbonyl (C=O) groups excluding carboxylic acids is 1. The van der Waals surface area contributed by atoms with Crippen LogP contribution in [0.2, 0.25) is 0 Å². The van der Waals surface area contributed by atoms with E-state index in [2.05, 4.69) is 20.8 Å². The highest BCUT2D eigenvalue weighted by Gasteiger charge is 2.19. The third-order valence-corrected chi connectivity index (χ3v) is 5.54. The first-order chi connectivity index (χ1) is 15.0. The van der Waals surface area contributed by atoms with Gasteiger partial charge < -0.3 is 9.08 Å². The highest BCUT2D eigenvalue weighted by atomic mass is 32.2. The number of amides is 1. The topological polar surface area (TPSA) is 63.7 Å². The molecule has 0 radical (unpaired) electrons. The van der Waals surface area contributed by atoms with Gasteiger partial charge in [0, 0.05) is 18.7 Å². The summed E-state index contributed by atoms with van der Waals surface area (Å²) in [5, 5.41) is 0. The average molecular weight is 452 g/mol. The molecule has 168 valence electrons. The molecule has 0 atom stereocenters. The fourth-order valence-corrected chi connectivity index (χ4v) is 3.80. The van der Waals surface area contributed by atoms with Crippen LogP contribution in [0.3, 0.4) is 0 Å². The third kappa shape index (κ3) is 6.69. The minimum absolute atomic E-state index is 0.0150. The number of benzene rings is 3. The molecular formula is C26H29NO4S. The monoisotopic (exact) mass is 451 g/mol. The Hall–Kier alpha value is -3.12. The Labute approximate surface area is 190 Å². The second-order valence-electron chi connectivity index (χ2n) is 8.91. The van der Waals surface area contributed by atoms with Crippen molar-refractivity contribution in [2.45, 2.75) is 39.3 Å². The summed E-state index contributed by atoms with van der Waals surface area (Å²) < 4.78 is 27.6. The molecule has 0 heterocycles. The SMILES string of the molecule is CC(C)(C)c1ccc(C(=O)N(Cc2ccccc2)Cc2ccc(OS(C)(=O)=O)cc2)cc1. The number of nitrogens with zero attached hydrogens (tertiary/aromatic N) is 1. The summed E-state index contributed by atoms with van der Waals surface area (Å²) in [5.41, 5.74) is 3.72. The number of hydrogen-bond donors (Lipinski definition) is 0. The van der Waals surface area contributed by atoms with Crippen LogP contribution in [0.4, 0.5) is 0 Å². The zero-order valence-corrected chi connectivity index (χ0v) is 19.7. The lowest BCUT2D eigenvalue weighted by Crippen LogP contribution is -2.30. The molecular weight excluding hydrogens is 422 g/mol. The lowest BCUT2D eigenvalue weighted by molar-refractivity contribution is 0.0730. The first-order valence-electron chi connectivity index (χ1n) is 10.4. The number of rotatable bonds is 7. The Kier molecular flexibility index (Phi) is 7.04. The van der Waals surface area contributed by atoms with Gasteiger partial charge in [0.15, 0.2) is 0 Å². The maximum atomic E-state index is 13.4. The van der Waals surface area contributed by atoms with Gasteiger partial charge in [0.1, 0.15) is 5.75 Å². The smallest absolute Gasteiger partial charge is 0.306 e. The molecule has 0 aromatic heterocycles. The Bertz CT molecular complexity index is 1150. The predicted octanol–water partition coefficient (Wildman–Crippen LogP) is 5.17. The molecule has 0 aliphatic rings. The minimum Gasteiger partial charge on any atom is -0.383 e. The van der Waals surface area contributed by atoms with E-state index >= 15 is 0 Å². The molecule has 3 rings (SSSR count). The van der Waals surface area contributed by atoms with Crippen molar-refractivity contribution in [1.82, 2.24) is 4.90 Å². The van der Waals surface area contributed by atoms with Crippen LogP contribution >= 0.6 is 0 Å². The average Bonchev–Trinajstić information content (AvgIpc) is 2.73. The van der Waals surface area contributed by atoms with Gasteiger partial charge in [-0.1, -0.05) is 75.4 Å². The molecule has 0 unspecified atom stereocenters. The third-order valence-electron chi connectivity index (χ3n) is 5.05. The highest BCUT2D eigenvalue weighted by Crippen LogP contribution is 2.23. The van der Waals surface area contributed by atoms with Crippen LogP contribution in [0.1, 0.15) is 47.8 Å². The molecule has 0 aliphatic heterocycles. The van der Waals surface area contributed by atoms with Crippen LogP contribution in [-0.2, 0) is 28.6 Å². The van der Waals surface area contributed by atoms with E-state index in [-0.39, 0.29) is 17.1 Å². The predicted molar refractivity (Wildman–Crippen MR) is 127 cm³/mol. The largest absolute Gasteiger partial charge is 0.383 e. The van der Waals surface area contributed by atoms with Crippen LogP contribution in [-0.4, -0.2) is 25.5 Å². The molecule has 3 aromatic carbocycles. The van der Waals surface area contributed by atoms with Crippen molar-refractivity contribution in [3.05, 3.63) is 101 Å². The number of carbonyl (C=O) groups is 1. The van der Waals surface area contributed by atoms with Gasteiger partial charge in [0.2, 0.25) is 0 Å². The molecule has 0 fully saturated rings. The summed E-state index contributed by atoms with van der Waals surface area (Å²) in [7, 11) is -3.58. The highest BCUT2D eigenvalue weighted by molar-refractivity contribution is 7.86. The Morgan fingerprint density at radius 1 is 0.812 bits per heavy atom. The van der Waals surface area contributed by atoms with E-state index in [0.29, 0.717) is 18.7 Å². The van der Waals surface area contributed by atoms with Crippen molar-refractivity contribution < 1.29 is 17.4 Å². The summed E-state index contributed by atoms with van der Waals surface area (Å²) >= 11 is 0. The first-order valence-corrected chi connectivity index (χ1v) is 12.2. The lowest BCUT2D eigenvalue weighted by atomic mass is 9.86. The fourth-order valence-electron chi connectivity index (χ4n) is 3.34. The van der Waals surface area contributed by atoms with E-state index in [1.165, 1.54) is 5.56 Å². The molecule has 0 aliphatic carbocycles. The number of hydrogen-bond acceptors (Lipinski definition) is 4. The molecule has 5 nitrogen and oxygen atoms in total. The van der Waals surface area contributed by atoms with E-state index < -0.39 is 10.1 Å². The van der Waals surface area contributed by atoms with E-state index in [0.717, 1.165) is 17.4 Å². The van der Waals surface area contributed by atoms with Gasteiger partial charge >= 0.3 is 10.1 Å². The van der Waals surface area contributed by atoms with Gasteiger partial charge in [-0.3, -0.25) is 4.79 Å². The summed E-state index contributed by atoms with van der Waals surface area (Å²) in [6, 6.07) is 24.3. The molecule has 32 heavy (non-hydrogen) atoms. The van der Waals surface area contributed by atoms with Crippen LogP contribution in [0.15, 0.2) is 78.9 Å². The van der Waals surface area contributed by atoms with Gasteiger partial charge in [-0.05, 0) is 46.4 Å². The Morgan fingerprint density at radius 3 is 1.84 bits per heavy atom. The molecule has 0 bridgehead atoms. The van der Waals surface area contributed by atoms with Crippen molar-refractivity contribution >= 4 is 16.0 Å². The molecule has 0 saturated carbocycles. The van der Waals surface area contributed by atoms with E-state index in [9.17, 15) is 13.2 Å². The van der Waals surface area contributed by atoms with Crippen molar-refractivity contribution in [3.8, 4) is 5.75 Å². The van der Waals surface area contributed by atoms with Crippen molar-refractivity contribution in [1.29, 1.82) is 0 Å². The Balaban J connectivity index is 1.84. The van der Waals surface area contributed by atoms with E-state index in [1.54, 1.807) is 29.2 Å². The standard InChI is InChI=1S/C26H29NO4S/c1-26(2,3)23-14-12-22(13-15-23)25(28)27(18-20-8-6-5-7-9-20)19-21-10-16-24(17-11-21)31-32(4,29)30/h5-17H,18-19H2,1-4H3. The minimum atomic E-state index is -3.58.